The lowest BCUT2D eigenvalue weighted by Gasteiger charge is -2.16. The molecule has 1 atom stereocenters. The number of hydrogen-bond acceptors (Lipinski definition) is 2. The summed E-state index contributed by atoms with van der Waals surface area (Å²) in [5, 5.41) is 5.61. The molecule has 0 aliphatic carbocycles. The summed E-state index contributed by atoms with van der Waals surface area (Å²) in [5.74, 6) is 1.31. The maximum absolute atomic E-state index is 11.1. The van der Waals surface area contributed by atoms with Crippen molar-refractivity contribution in [1.82, 2.24) is 10.6 Å². The third-order valence-electron chi connectivity index (χ3n) is 3.07. The van der Waals surface area contributed by atoms with Crippen molar-refractivity contribution in [1.29, 1.82) is 0 Å². The number of nitrogens with one attached hydrogen (secondary N) is 2. The van der Waals surface area contributed by atoms with Crippen LogP contribution in [0.5, 0.6) is 5.75 Å². The highest BCUT2D eigenvalue weighted by Gasteiger charge is 2.24. The Labute approximate surface area is 101 Å². The van der Waals surface area contributed by atoms with Gasteiger partial charge in [-0.3, -0.25) is 0 Å². The molecule has 4 heteroatoms. The van der Waals surface area contributed by atoms with Crippen molar-refractivity contribution in [2.24, 2.45) is 0 Å². The quantitative estimate of drug-likeness (QED) is 0.842. The average Bonchev–Trinajstić information content (AvgIpc) is 2.74. The Morgan fingerprint density at radius 2 is 2.18 bits per heavy atom. The van der Waals surface area contributed by atoms with Gasteiger partial charge in [0.05, 0.1) is 13.2 Å². The number of hydrogen-bond donors (Lipinski definition) is 2. The fourth-order valence-corrected chi connectivity index (χ4v) is 2.02. The van der Waals surface area contributed by atoms with E-state index in [2.05, 4.69) is 30.5 Å². The van der Waals surface area contributed by atoms with Crippen molar-refractivity contribution in [2.75, 3.05) is 13.7 Å². The first-order valence-electron chi connectivity index (χ1n) is 5.84. The van der Waals surface area contributed by atoms with Gasteiger partial charge in [-0.1, -0.05) is 26.0 Å². The zero-order chi connectivity index (χ0) is 12.4. The van der Waals surface area contributed by atoms with E-state index >= 15 is 0 Å². The average molecular weight is 234 g/mol. The fraction of sp³-hybridized carbons (Fsp3) is 0.462. The van der Waals surface area contributed by atoms with Crippen LogP contribution in [0.2, 0.25) is 0 Å². The Morgan fingerprint density at radius 1 is 1.41 bits per heavy atom. The van der Waals surface area contributed by atoms with E-state index in [0.29, 0.717) is 12.5 Å². The molecule has 0 saturated carbocycles. The Bertz CT molecular complexity index is 429. The number of ether oxygens (including phenoxy) is 1. The van der Waals surface area contributed by atoms with Gasteiger partial charge in [0.2, 0.25) is 0 Å². The van der Waals surface area contributed by atoms with Gasteiger partial charge in [-0.2, -0.15) is 0 Å². The van der Waals surface area contributed by atoms with Gasteiger partial charge in [0, 0.05) is 12.1 Å². The summed E-state index contributed by atoms with van der Waals surface area (Å²) >= 11 is 0. The van der Waals surface area contributed by atoms with Gasteiger partial charge in [-0.15, -0.1) is 0 Å². The third-order valence-corrected chi connectivity index (χ3v) is 3.07. The molecule has 2 amide bonds. The first-order chi connectivity index (χ1) is 8.11. The van der Waals surface area contributed by atoms with Gasteiger partial charge < -0.3 is 15.4 Å². The summed E-state index contributed by atoms with van der Waals surface area (Å²) in [4.78, 5) is 11.1. The molecule has 1 heterocycles. The van der Waals surface area contributed by atoms with E-state index in [-0.39, 0.29) is 12.1 Å². The van der Waals surface area contributed by atoms with Gasteiger partial charge in [0.25, 0.3) is 0 Å². The summed E-state index contributed by atoms with van der Waals surface area (Å²) in [6, 6.07) is 6.05. The lowest BCUT2D eigenvalue weighted by Crippen LogP contribution is -2.22. The zero-order valence-electron chi connectivity index (χ0n) is 10.4. The minimum absolute atomic E-state index is 0.00124. The van der Waals surface area contributed by atoms with E-state index < -0.39 is 0 Å². The Morgan fingerprint density at radius 3 is 2.71 bits per heavy atom. The molecular formula is C13H18N2O2. The molecule has 0 aromatic heterocycles. The molecule has 4 nitrogen and oxygen atoms in total. The van der Waals surface area contributed by atoms with Gasteiger partial charge in [-0.25, -0.2) is 4.79 Å². The molecule has 1 aliphatic heterocycles. The van der Waals surface area contributed by atoms with Crippen LogP contribution in [0.3, 0.4) is 0 Å². The van der Waals surface area contributed by atoms with Gasteiger partial charge >= 0.3 is 6.03 Å². The maximum Gasteiger partial charge on any atom is 0.315 e. The maximum atomic E-state index is 11.1. The number of carbonyl (C=O) groups excluding carboxylic acids is 1. The lowest BCUT2D eigenvalue weighted by atomic mass is 9.98. The van der Waals surface area contributed by atoms with Crippen LogP contribution in [0.1, 0.15) is 36.9 Å². The molecule has 0 spiro atoms. The molecule has 0 bridgehead atoms. The molecule has 2 N–H and O–H groups in total. The fourth-order valence-electron chi connectivity index (χ4n) is 2.02. The molecular weight excluding hydrogens is 216 g/mol. The zero-order valence-corrected chi connectivity index (χ0v) is 10.4. The minimum atomic E-state index is -0.120. The number of urea groups is 1. The van der Waals surface area contributed by atoms with Crippen molar-refractivity contribution >= 4 is 6.03 Å². The molecule has 17 heavy (non-hydrogen) atoms. The monoisotopic (exact) mass is 234 g/mol. The molecule has 1 unspecified atom stereocenters. The summed E-state index contributed by atoms with van der Waals surface area (Å²) in [7, 11) is 1.66. The highest BCUT2D eigenvalue weighted by molar-refractivity contribution is 5.77. The van der Waals surface area contributed by atoms with E-state index in [1.54, 1.807) is 7.11 Å². The van der Waals surface area contributed by atoms with Gasteiger partial charge in [0.15, 0.2) is 0 Å². The largest absolute Gasteiger partial charge is 0.496 e. The van der Waals surface area contributed by atoms with Crippen LogP contribution in [-0.4, -0.2) is 19.7 Å². The SMILES string of the molecule is COc1cc(C(C)C)ccc1C1CNC(=O)N1. The molecule has 92 valence electrons. The van der Waals surface area contributed by atoms with Crippen LogP contribution >= 0.6 is 0 Å². The minimum Gasteiger partial charge on any atom is -0.496 e. The second-order valence-electron chi connectivity index (χ2n) is 4.56. The predicted molar refractivity (Wildman–Crippen MR) is 66.4 cm³/mol. The Hall–Kier alpha value is -1.71. The van der Waals surface area contributed by atoms with Crippen molar-refractivity contribution < 1.29 is 9.53 Å². The number of methoxy groups -OCH3 is 1. The number of benzene rings is 1. The van der Waals surface area contributed by atoms with Crippen molar-refractivity contribution in [3.05, 3.63) is 29.3 Å². The molecule has 1 aliphatic rings. The predicted octanol–water partition coefficient (Wildman–Crippen LogP) is 2.17. The van der Waals surface area contributed by atoms with Crippen LogP contribution in [-0.2, 0) is 0 Å². The number of rotatable bonds is 3. The van der Waals surface area contributed by atoms with Crippen LogP contribution in [0.25, 0.3) is 0 Å². The topological polar surface area (TPSA) is 50.4 Å². The summed E-state index contributed by atoms with van der Waals surface area (Å²) < 4.78 is 5.40. The molecule has 1 saturated heterocycles. The second-order valence-corrected chi connectivity index (χ2v) is 4.56. The molecule has 0 radical (unpaired) electrons. The van der Waals surface area contributed by atoms with Gasteiger partial charge in [0.1, 0.15) is 5.75 Å². The first-order valence-corrected chi connectivity index (χ1v) is 5.84. The summed E-state index contributed by atoms with van der Waals surface area (Å²) in [6.45, 7) is 4.90. The molecule has 1 fully saturated rings. The summed E-state index contributed by atoms with van der Waals surface area (Å²) in [5.41, 5.74) is 2.26. The van der Waals surface area contributed by atoms with Crippen LogP contribution in [0.15, 0.2) is 18.2 Å². The highest BCUT2D eigenvalue weighted by Crippen LogP contribution is 2.29. The summed E-state index contributed by atoms with van der Waals surface area (Å²) in [6.07, 6.45) is 0. The normalized spacial score (nSPS) is 19.1. The van der Waals surface area contributed by atoms with E-state index in [1.165, 1.54) is 5.56 Å². The van der Waals surface area contributed by atoms with Crippen LogP contribution in [0, 0.1) is 0 Å². The number of amides is 2. The van der Waals surface area contributed by atoms with E-state index in [1.807, 2.05) is 12.1 Å². The van der Waals surface area contributed by atoms with Crippen molar-refractivity contribution in [3.8, 4) is 5.75 Å². The smallest absolute Gasteiger partial charge is 0.315 e. The van der Waals surface area contributed by atoms with Crippen LogP contribution < -0.4 is 15.4 Å². The van der Waals surface area contributed by atoms with Crippen molar-refractivity contribution in [3.63, 3.8) is 0 Å². The second kappa shape index (κ2) is 4.65. The lowest BCUT2D eigenvalue weighted by molar-refractivity contribution is 0.247. The molecule has 1 aromatic rings. The van der Waals surface area contributed by atoms with E-state index in [4.69, 9.17) is 4.74 Å². The van der Waals surface area contributed by atoms with E-state index in [0.717, 1.165) is 11.3 Å². The Balaban J connectivity index is 2.31. The third kappa shape index (κ3) is 2.35. The standard InChI is InChI=1S/C13H18N2O2/c1-8(2)9-4-5-10(12(6-9)17-3)11-7-14-13(16)15-11/h4-6,8,11H,7H2,1-3H3,(H2,14,15,16). The number of carbonyl (C=O) groups is 1. The first kappa shape index (κ1) is 11.8. The molecule has 1 aromatic carbocycles. The van der Waals surface area contributed by atoms with Crippen molar-refractivity contribution in [2.45, 2.75) is 25.8 Å². The molecule has 2 rings (SSSR count). The highest BCUT2D eigenvalue weighted by atomic mass is 16.5. The van der Waals surface area contributed by atoms with Crippen LogP contribution in [0.4, 0.5) is 4.79 Å². The Kier molecular flexibility index (Phi) is 3.22. The van der Waals surface area contributed by atoms with Gasteiger partial charge in [-0.05, 0) is 17.5 Å². The van der Waals surface area contributed by atoms with E-state index in [9.17, 15) is 4.79 Å².